The molecule has 0 N–H and O–H groups in total. The van der Waals surface area contributed by atoms with Gasteiger partial charge < -0.3 is 9.32 Å². The van der Waals surface area contributed by atoms with Crippen LogP contribution in [0.5, 0.6) is 0 Å². The molecule has 6 nitrogen and oxygen atoms in total. The van der Waals surface area contributed by atoms with E-state index in [0.717, 1.165) is 15.2 Å². The van der Waals surface area contributed by atoms with Gasteiger partial charge in [-0.2, -0.15) is 0 Å². The Bertz CT molecular complexity index is 1160. The molecule has 0 atom stereocenters. The second-order valence-electron chi connectivity index (χ2n) is 6.21. The molecule has 4 rings (SSSR count). The van der Waals surface area contributed by atoms with Crippen LogP contribution in [0.4, 0.5) is 0 Å². The van der Waals surface area contributed by atoms with Gasteiger partial charge in [-0.3, -0.25) is 9.36 Å². The first-order chi connectivity index (χ1) is 13.0. The second kappa shape index (κ2) is 7.17. The minimum Gasteiger partial charge on any atom is -0.408 e. The summed E-state index contributed by atoms with van der Waals surface area (Å²) in [5.74, 6) is -0.557. The predicted octanol–water partition coefficient (Wildman–Crippen LogP) is 3.91. The summed E-state index contributed by atoms with van der Waals surface area (Å²) >= 11 is 7.50. The molecular weight excluding hydrogens is 386 g/mol. The highest BCUT2D eigenvalue weighted by Gasteiger charge is 2.15. The van der Waals surface area contributed by atoms with E-state index in [4.69, 9.17) is 16.0 Å². The van der Waals surface area contributed by atoms with Gasteiger partial charge in [-0.1, -0.05) is 23.7 Å². The van der Waals surface area contributed by atoms with Crippen LogP contribution >= 0.6 is 22.9 Å². The molecule has 0 saturated carbocycles. The van der Waals surface area contributed by atoms with Gasteiger partial charge in [-0.15, -0.1) is 11.3 Å². The Morgan fingerprint density at radius 1 is 1.30 bits per heavy atom. The molecule has 0 aliphatic carbocycles. The normalized spacial score (nSPS) is 11.3. The van der Waals surface area contributed by atoms with Crippen LogP contribution in [0.25, 0.3) is 21.3 Å². The third-order valence-electron chi connectivity index (χ3n) is 4.32. The highest BCUT2D eigenvalue weighted by atomic mass is 35.5. The number of carbonyl (C=O) groups is 1. The monoisotopic (exact) mass is 401 g/mol. The third kappa shape index (κ3) is 3.61. The molecule has 2 aromatic carbocycles. The number of carbonyl (C=O) groups excluding carboxylic acids is 1. The summed E-state index contributed by atoms with van der Waals surface area (Å²) < 4.78 is 7.75. The number of oxazole rings is 1. The number of halogens is 1. The lowest BCUT2D eigenvalue weighted by Gasteiger charge is -2.15. The third-order valence-corrected chi connectivity index (χ3v) is 5.57. The van der Waals surface area contributed by atoms with Crippen LogP contribution in [0.2, 0.25) is 5.02 Å². The molecule has 27 heavy (non-hydrogen) atoms. The average Bonchev–Trinajstić information content (AvgIpc) is 3.18. The fourth-order valence-electron chi connectivity index (χ4n) is 2.93. The SMILES string of the molecule is CN(Cc1nc2ccccc2s1)C(=O)CCn1c(=O)oc2cc(Cl)ccc21. The van der Waals surface area contributed by atoms with Crippen LogP contribution in [-0.2, 0) is 17.9 Å². The van der Waals surface area contributed by atoms with Crippen molar-refractivity contribution in [2.45, 2.75) is 19.5 Å². The Labute approximate surface area is 163 Å². The van der Waals surface area contributed by atoms with E-state index >= 15 is 0 Å². The van der Waals surface area contributed by atoms with Crippen molar-refractivity contribution in [1.29, 1.82) is 0 Å². The highest BCUT2D eigenvalue weighted by Crippen LogP contribution is 2.23. The minimum atomic E-state index is -0.492. The number of amides is 1. The first kappa shape index (κ1) is 17.8. The Hall–Kier alpha value is -2.64. The lowest BCUT2D eigenvalue weighted by molar-refractivity contribution is -0.130. The first-order valence-electron chi connectivity index (χ1n) is 8.38. The molecular formula is C19H16ClN3O3S. The van der Waals surface area contributed by atoms with Crippen molar-refractivity contribution >= 4 is 50.2 Å². The van der Waals surface area contributed by atoms with E-state index in [1.807, 2.05) is 24.3 Å². The van der Waals surface area contributed by atoms with Crippen molar-refractivity contribution in [2.75, 3.05) is 7.05 Å². The van der Waals surface area contributed by atoms with Crippen LogP contribution in [0, 0.1) is 0 Å². The van der Waals surface area contributed by atoms with E-state index in [1.54, 1.807) is 41.5 Å². The smallest absolute Gasteiger partial charge is 0.408 e. The number of aromatic nitrogens is 2. The van der Waals surface area contributed by atoms with Gasteiger partial charge in [-0.05, 0) is 24.3 Å². The molecule has 138 valence electrons. The molecule has 2 heterocycles. The van der Waals surface area contributed by atoms with E-state index < -0.39 is 5.76 Å². The largest absolute Gasteiger partial charge is 0.419 e. The minimum absolute atomic E-state index is 0.0653. The molecule has 0 radical (unpaired) electrons. The van der Waals surface area contributed by atoms with E-state index in [9.17, 15) is 9.59 Å². The van der Waals surface area contributed by atoms with Crippen LogP contribution in [0.1, 0.15) is 11.4 Å². The van der Waals surface area contributed by atoms with Gasteiger partial charge >= 0.3 is 5.76 Å². The number of fused-ring (bicyclic) bond motifs is 2. The van der Waals surface area contributed by atoms with Crippen molar-refractivity contribution in [3.8, 4) is 0 Å². The molecule has 2 aromatic heterocycles. The molecule has 8 heteroatoms. The van der Waals surface area contributed by atoms with Gasteiger partial charge in [0.15, 0.2) is 5.58 Å². The van der Waals surface area contributed by atoms with E-state index in [2.05, 4.69) is 4.98 Å². The Morgan fingerprint density at radius 2 is 2.11 bits per heavy atom. The maximum Gasteiger partial charge on any atom is 0.419 e. The van der Waals surface area contributed by atoms with Crippen LogP contribution in [-0.4, -0.2) is 27.4 Å². The summed E-state index contributed by atoms with van der Waals surface area (Å²) in [4.78, 5) is 30.7. The maximum absolute atomic E-state index is 12.5. The van der Waals surface area contributed by atoms with Gasteiger partial charge in [0.2, 0.25) is 5.91 Å². The molecule has 0 aliphatic rings. The topological polar surface area (TPSA) is 68.3 Å². The number of hydrogen-bond acceptors (Lipinski definition) is 5. The fraction of sp³-hybridized carbons (Fsp3) is 0.211. The van der Waals surface area contributed by atoms with Crippen LogP contribution in [0.3, 0.4) is 0 Å². The van der Waals surface area contributed by atoms with Crippen molar-refractivity contribution in [3.05, 3.63) is 63.0 Å². The maximum atomic E-state index is 12.5. The Balaban J connectivity index is 1.44. The first-order valence-corrected chi connectivity index (χ1v) is 9.58. The van der Waals surface area contributed by atoms with Crippen molar-refractivity contribution in [2.24, 2.45) is 0 Å². The van der Waals surface area contributed by atoms with Gasteiger partial charge in [0.1, 0.15) is 5.01 Å². The summed E-state index contributed by atoms with van der Waals surface area (Å²) in [6.45, 7) is 0.686. The average molecular weight is 402 g/mol. The highest BCUT2D eigenvalue weighted by molar-refractivity contribution is 7.18. The lowest BCUT2D eigenvalue weighted by atomic mass is 10.3. The van der Waals surface area contributed by atoms with Crippen molar-refractivity contribution < 1.29 is 9.21 Å². The molecule has 1 amide bonds. The van der Waals surface area contributed by atoms with E-state index in [-0.39, 0.29) is 18.9 Å². The molecule has 0 bridgehead atoms. The molecule has 0 fully saturated rings. The van der Waals surface area contributed by atoms with Crippen LogP contribution < -0.4 is 5.76 Å². The molecule has 4 aromatic rings. The summed E-state index contributed by atoms with van der Waals surface area (Å²) in [5, 5.41) is 1.38. The zero-order chi connectivity index (χ0) is 19.0. The zero-order valence-electron chi connectivity index (χ0n) is 14.5. The second-order valence-corrected chi connectivity index (χ2v) is 7.76. The Morgan fingerprint density at radius 3 is 2.93 bits per heavy atom. The molecule has 0 saturated heterocycles. The number of hydrogen-bond donors (Lipinski definition) is 0. The van der Waals surface area contributed by atoms with E-state index in [1.165, 1.54) is 4.57 Å². The number of aryl methyl sites for hydroxylation is 1. The zero-order valence-corrected chi connectivity index (χ0v) is 16.1. The van der Waals surface area contributed by atoms with Crippen LogP contribution in [0.15, 0.2) is 51.7 Å². The number of nitrogens with zero attached hydrogens (tertiary/aromatic N) is 3. The summed E-state index contributed by atoms with van der Waals surface area (Å²) in [6.07, 6.45) is 0.193. The lowest BCUT2D eigenvalue weighted by Crippen LogP contribution is -2.28. The predicted molar refractivity (Wildman–Crippen MR) is 106 cm³/mol. The van der Waals surface area contributed by atoms with Crippen molar-refractivity contribution in [3.63, 3.8) is 0 Å². The molecule has 0 spiro atoms. The molecule has 0 aliphatic heterocycles. The fourth-order valence-corrected chi connectivity index (χ4v) is 4.11. The van der Waals surface area contributed by atoms with Gasteiger partial charge in [-0.25, -0.2) is 9.78 Å². The van der Waals surface area contributed by atoms with Crippen molar-refractivity contribution in [1.82, 2.24) is 14.5 Å². The summed E-state index contributed by atoms with van der Waals surface area (Å²) in [7, 11) is 1.74. The molecule has 0 unspecified atom stereocenters. The number of benzene rings is 2. The number of para-hydroxylation sites is 1. The Kier molecular flexibility index (Phi) is 4.72. The standard InChI is InChI=1S/C19H16ClN3O3S/c1-22(11-17-21-13-4-2-3-5-16(13)27-17)18(24)8-9-23-14-7-6-12(20)10-15(14)26-19(23)25/h2-7,10H,8-9,11H2,1H3. The quantitative estimate of drug-likeness (QED) is 0.508. The summed E-state index contributed by atoms with van der Waals surface area (Å²) in [5.41, 5.74) is 1.99. The number of rotatable bonds is 5. The summed E-state index contributed by atoms with van der Waals surface area (Å²) in [6, 6.07) is 12.9. The number of thiazole rings is 1. The van der Waals surface area contributed by atoms with E-state index in [0.29, 0.717) is 22.7 Å². The van der Waals surface area contributed by atoms with Gasteiger partial charge in [0.05, 0.1) is 22.3 Å². The van der Waals surface area contributed by atoms with Gasteiger partial charge in [0.25, 0.3) is 0 Å². The van der Waals surface area contributed by atoms with Gasteiger partial charge in [0, 0.05) is 31.1 Å².